The second-order valence-electron chi connectivity index (χ2n) is 6.59. The molecule has 1 saturated heterocycles. The fourth-order valence-corrected chi connectivity index (χ4v) is 3.50. The summed E-state index contributed by atoms with van der Waals surface area (Å²) in [6.45, 7) is 8.66. The SMILES string of the molecule is CC1=C(CCN2C[C@@H](O)[C@H](F)C2)C(C)(C)CCC1. The Hall–Kier alpha value is -0.410. The number of aliphatic hydroxyl groups is 1. The highest BCUT2D eigenvalue weighted by Crippen LogP contribution is 2.41. The topological polar surface area (TPSA) is 23.5 Å². The van der Waals surface area contributed by atoms with Crippen LogP contribution < -0.4 is 0 Å². The molecule has 18 heavy (non-hydrogen) atoms. The number of hydrogen-bond donors (Lipinski definition) is 1. The molecular formula is C15H26FNO. The Kier molecular flexibility index (Phi) is 4.12. The number of β-amino-alcohol motifs (C(OH)–C–C–N with tert-alkyl or cyclic N) is 1. The van der Waals surface area contributed by atoms with Crippen LogP contribution in [-0.2, 0) is 0 Å². The van der Waals surface area contributed by atoms with E-state index in [1.807, 2.05) is 0 Å². The van der Waals surface area contributed by atoms with Crippen molar-refractivity contribution in [2.45, 2.75) is 58.7 Å². The average Bonchev–Trinajstić information content (AvgIpc) is 2.56. The zero-order chi connectivity index (χ0) is 13.3. The number of aliphatic hydroxyl groups excluding tert-OH is 1. The lowest BCUT2D eigenvalue weighted by atomic mass is 9.71. The average molecular weight is 255 g/mol. The minimum Gasteiger partial charge on any atom is -0.389 e. The Labute approximate surface area is 110 Å². The number of likely N-dealkylation sites (tertiary alicyclic amines) is 1. The van der Waals surface area contributed by atoms with Gasteiger partial charge in [0.2, 0.25) is 0 Å². The summed E-state index contributed by atoms with van der Waals surface area (Å²) in [4.78, 5) is 2.06. The van der Waals surface area contributed by atoms with Gasteiger partial charge in [-0.15, -0.1) is 0 Å². The summed E-state index contributed by atoms with van der Waals surface area (Å²) in [5.74, 6) is 0. The van der Waals surface area contributed by atoms with Gasteiger partial charge in [-0.25, -0.2) is 4.39 Å². The summed E-state index contributed by atoms with van der Waals surface area (Å²) < 4.78 is 13.3. The zero-order valence-electron chi connectivity index (χ0n) is 11.9. The highest BCUT2D eigenvalue weighted by molar-refractivity contribution is 5.22. The molecular weight excluding hydrogens is 229 g/mol. The third kappa shape index (κ3) is 2.94. The molecule has 3 heteroatoms. The predicted octanol–water partition coefficient (Wildman–Crippen LogP) is 2.92. The largest absolute Gasteiger partial charge is 0.389 e. The van der Waals surface area contributed by atoms with Crippen LogP contribution in [0.4, 0.5) is 4.39 Å². The van der Waals surface area contributed by atoms with Crippen molar-refractivity contribution >= 4 is 0 Å². The van der Waals surface area contributed by atoms with Crippen LogP contribution in [-0.4, -0.2) is 41.9 Å². The van der Waals surface area contributed by atoms with Crippen molar-refractivity contribution in [2.75, 3.05) is 19.6 Å². The van der Waals surface area contributed by atoms with Crippen LogP contribution in [0.25, 0.3) is 0 Å². The summed E-state index contributed by atoms with van der Waals surface area (Å²) in [7, 11) is 0. The standard InChI is InChI=1S/C15H26FNO/c1-11-5-4-7-15(2,3)12(11)6-8-17-9-13(16)14(18)10-17/h13-14,18H,4-10H2,1-3H3/t13-,14-/m1/s1. The van der Waals surface area contributed by atoms with Gasteiger partial charge in [-0.3, -0.25) is 4.90 Å². The zero-order valence-corrected chi connectivity index (χ0v) is 11.9. The molecule has 0 aromatic heterocycles. The number of hydrogen-bond acceptors (Lipinski definition) is 2. The first-order valence-corrected chi connectivity index (χ1v) is 7.14. The minimum absolute atomic E-state index is 0.301. The maximum atomic E-state index is 13.3. The fraction of sp³-hybridized carbons (Fsp3) is 0.867. The molecule has 0 amide bonds. The van der Waals surface area contributed by atoms with E-state index in [-0.39, 0.29) is 0 Å². The van der Waals surface area contributed by atoms with Crippen molar-refractivity contribution in [3.05, 3.63) is 11.1 Å². The van der Waals surface area contributed by atoms with E-state index in [2.05, 4.69) is 25.7 Å². The van der Waals surface area contributed by atoms with Crippen molar-refractivity contribution in [3.8, 4) is 0 Å². The van der Waals surface area contributed by atoms with Gasteiger partial charge in [-0.05, 0) is 38.0 Å². The van der Waals surface area contributed by atoms with Gasteiger partial charge in [0.15, 0.2) is 0 Å². The summed E-state index contributed by atoms with van der Waals surface area (Å²) in [6, 6.07) is 0. The van der Waals surface area contributed by atoms with E-state index >= 15 is 0 Å². The number of halogens is 1. The highest BCUT2D eigenvalue weighted by Gasteiger charge is 2.32. The predicted molar refractivity (Wildman–Crippen MR) is 72.3 cm³/mol. The van der Waals surface area contributed by atoms with Crippen molar-refractivity contribution in [1.29, 1.82) is 0 Å². The first-order chi connectivity index (χ1) is 8.40. The lowest BCUT2D eigenvalue weighted by molar-refractivity contribution is 0.116. The van der Waals surface area contributed by atoms with Crippen LogP contribution in [0.5, 0.6) is 0 Å². The van der Waals surface area contributed by atoms with E-state index in [0.29, 0.717) is 18.5 Å². The lowest BCUT2D eigenvalue weighted by Crippen LogP contribution is -2.27. The minimum atomic E-state index is -1.06. The number of alkyl halides is 1. The summed E-state index contributed by atoms with van der Waals surface area (Å²) in [5.41, 5.74) is 3.39. The molecule has 104 valence electrons. The van der Waals surface area contributed by atoms with Gasteiger partial charge in [-0.1, -0.05) is 25.0 Å². The summed E-state index contributed by atoms with van der Waals surface area (Å²) >= 11 is 0. The van der Waals surface area contributed by atoms with Crippen LogP contribution in [0.15, 0.2) is 11.1 Å². The van der Waals surface area contributed by atoms with E-state index < -0.39 is 12.3 Å². The fourth-order valence-electron chi connectivity index (χ4n) is 3.50. The first kappa shape index (κ1) is 14.0. The molecule has 0 saturated carbocycles. The van der Waals surface area contributed by atoms with E-state index in [9.17, 15) is 9.50 Å². The van der Waals surface area contributed by atoms with Crippen LogP contribution >= 0.6 is 0 Å². The second-order valence-corrected chi connectivity index (χ2v) is 6.59. The number of allylic oxidation sites excluding steroid dienone is 1. The highest BCUT2D eigenvalue weighted by atomic mass is 19.1. The van der Waals surface area contributed by atoms with Gasteiger partial charge in [0.05, 0.1) is 6.10 Å². The molecule has 1 fully saturated rings. The van der Waals surface area contributed by atoms with Gasteiger partial charge in [0.25, 0.3) is 0 Å². The molecule has 2 aliphatic rings. The van der Waals surface area contributed by atoms with Crippen molar-refractivity contribution in [2.24, 2.45) is 5.41 Å². The van der Waals surface area contributed by atoms with Crippen LogP contribution in [0, 0.1) is 5.41 Å². The van der Waals surface area contributed by atoms with Crippen molar-refractivity contribution in [3.63, 3.8) is 0 Å². The Morgan fingerprint density at radius 1 is 1.39 bits per heavy atom. The Morgan fingerprint density at radius 3 is 2.67 bits per heavy atom. The van der Waals surface area contributed by atoms with Gasteiger partial charge in [0, 0.05) is 19.6 Å². The Bertz CT molecular complexity index is 327. The third-order valence-electron chi connectivity index (χ3n) is 4.66. The first-order valence-electron chi connectivity index (χ1n) is 7.14. The molecule has 1 aliphatic heterocycles. The van der Waals surface area contributed by atoms with Crippen molar-refractivity contribution in [1.82, 2.24) is 4.90 Å². The van der Waals surface area contributed by atoms with Crippen LogP contribution in [0.3, 0.4) is 0 Å². The van der Waals surface area contributed by atoms with Gasteiger partial charge >= 0.3 is 0 Å². The Morgan fingerprint density at radius 2 is 2.11 bits per heavy atom. The molecule has 0 aromatic rings. The summed E-state index contributed by atoms with van der Waals surface area (Å²) in [6.07, 6.45) is 2.95. The van der Waals surface area contributed by atoms with Gasteiger partial charge in [0.1, 0.15) is 6.17 Å². The molecule has 0 unspecified atom stereocenters. The molecule has 1 aliphatic carbocycles. The maximum Gasteiger partial charge on any atom is 0.140 e. The van der Waals surface area contributed by atoms with E-state index in [1.165, 1.54) is 24.8 Å². The third-order valence-corrected chi connectivity index (χ3v) is 4.66. The lowest BCUT2D eigenvalue weighted by Gasteiger charge is -2.35. The molecule has 1 N–H and O–H groups in total. The summed E-state index contributed by atoms with van der Waals surface area (Å²) in [5, 5.41) is 9.43. The smallest absolute Gasteiger partial charge is 0.140 e. The van der Waals surface area contributed by atoms with Crippen LogP contribution in [0.2, 0.25) is 0 Å². The normalized spacial score (nSPS) is 33.2. The van der Waals surface area contributed by atoms with Gasteiger partial charge in [-0.2, -0.15) is 0 Å². The van der Waals surface area contributed by atoms with Gasteiger partial charge < -0.3 is 5.11 Å². The molecule has 0 radical (unpaired) electrons. The maximum absolute atomic E-state index is 13.3. The Balaban J connectivity index is 1.93. The molecule has 0 bridgehead atoms. The second kappa shape index (κ2) is 5.30. The number of nitrogens with zero attached hydrogens (tertiary/aromatic N) is 1. The van der Waals surface area contributed by atoms with E-state index in [1.54, 1.807) is 5.57 Å². The van der Waals surface area contributed by atoms with Crippen LogP contribution in [0.1, 0.15) is 46.5 Å². The quantitative estimate of drug-likeness (QED) is 0.784. The van der Waals surface area contributed by atoms with Crippen molar-refractivity contribution < 1.29 is 9.50 Å². The molecule has 2 nitrogen and oxygen atoms in total. The monoisotopic (exact) mass is 255 g/mol. The molecule has 1 heterocycles. The van der Waals surface area contributed by atoms with E-state index in [0.717, 1.165) is 13.0 Å². The molecule has 2 rings (SSSR count). The number of rotatable bonds is 3. The molecule has 2 atom stereocenters. The molecule has 0 aromatic carbocycles. The molecule has 0 spiro atoms. The van der Waals surface area contributed by atoms with E-state index in [4.69, 9.17) is 0 Å².